The van der Waals surface area contributed by atoms with Gasteiger partial charge in [0, 0.05) is 30.4 Å². The fraction of sp³-hybridized carbons (Fsp3) is 0.304. The first-order valence-corrected chi connectivity index (χ1v) is 9.93. The Hall–Kier alpha value is -2.92. The van der Waals surface area contributed by atoms with Crippen molar-refractivity contribution in [1.29, 1.82) is 0 Å². The van der Waals surface area contributed by atoms with E-state index < -0.39 is 0 Å². The monoisotopic (exact) mass is 371 g/mol. The third kappa shape index (κ3) is 3.02. The Bertz CT molecular complexity index is 1120. The minimum Gasteiger partial charge on any atom is -0.371 e. The second-order valence-corrected chi connectivity index (χ2v) is 7.84. The summed E-state index contributed by atoms with van der Waals surface area (Å²) in [5.41, 5.74) is 6.76. The fourth-order valence-corrected chi connectivity index (χ4v) is 4.31. The average molecular weight is 371 g/mol. The number of anilines is 1. The van der Waals surface area contributed by atoms with Crippen molar-refractivity contribution in [3.8, 4) is 11.1 Å². The van der Waals surface area contributed by atoms with Crippen LogP contribution in [0.5, 0.6) is 0 Å². The zero-order valence-corrected chi connectivity index (χ0v) is 16.4. The molecule has 1 aliphatic heterocycles. The number of aromatic nitrogens is 3. The van der Waals surface area contributed by atoms with Crippen LogP contribution in [0.4, 0.5) is 5.69 Å². The number of H-pyrrole nitrogens is 1. The van der Waals surface area contributed by atoms with Crippen LogP contribution in [0.25, 0.3) is 33.1 Å². The van der Waals surface area contributed by atoms with Crippen LogP contribution in [-0.4, -0.2) is 53.1 Å². The molecule has 5 nitrogen and oxygen atoms in total. The molecule has 142 valence electrons. The Morgan fingerprint density at radius 3 is 2.54 bits per heavy atom. The zero-order valence-electron chi connectivity index (χ0n) is 16.4. The Kier molecular flexibility index (Phi) is 4.24. The quantitative estimate of drug-likeness (QED) is 0.583. The van der Waals surface area contributed by atoms with Crippen molar-refractivity contribution in [2.75, 3.05) is 32.1 Å². The van der Waals surface area contributed by atoms with Crippen LogP contribution in [0, 0.1) is 0 Å². The summed E-state index contributed by atoms with van der Waals surface area (Å²) >= 11 is 0. The van der Waals surface area contributed by atoms with E-state index in [-0.39, 0.29) is 0 Å². The lowest BCUT2D eigenvalue weighted by atomic mass is 10.00. The molecule has 28 heavy (non-hydrogen) atoms. The lowest BCUT2D eigenvalue weighted by Gasteiger charge is -2.36. The number of nitrogens with one attached hydrogen (secondary N) is 1. The highest BCUT2D eigenvalue weighted by molar-refractivity contribution is 5.95. The van der Waals surface area contributed by atoms with Crippen LogP contribution in [0.3, 0.4) is 0 Å². The normalized spacial score (nSPS) is 16.1. The number of nitrogens with zero attached hydrogens (tertiary/aromatic N) is 4. The second-order valence-electron chi connectivity index (χ2n) is 7.84. The SMILES string of the molecule is CN1CCC(N(C)c2ccnc3ccc(-c4ccc5nc[nH]c5c4)cc23)CC1. The summed E-state index contributed by atoms with van der Waals surface area (Å²) < 4.78 is 0. The van der Waals surface area contributed by atoms with Gasteiger partial charge in [-0.3, -0.25) is 4.98 Å². The standard InChI is InChI=1S/C23H25N5/c1-27-11-8-18(9-12-27)28(2)23-7-10-24-20-5-3-16(13-19(20)23)17-4-6-21-22(14-17)26-15-25-21/h3-7,10,13-15,18H,8-9,11-12H2,1-2H3,(H,25,26). The van der Waals surface area contributed by atoms with Crippen molar-refractivity contribution in [1.82, 2.24) is 19.9 Å². The molecule has 0 radical (unpaired) electrons. The van der Waals surface area contributed by atoms with Gasteiger partial charge >= 0.3 is 0 Å². The summed E-state index contributed by atoms with van der Waals surface area (Å²) in [7, 11) is 4.44. The number of benzene rings is 2. The van der Waals surface area contributed by atoms with Gasteiger partial charge in [0.2, 0.25) is 0 Å². The van der Waals surface area contributed by atoms with Crippen LogP contribution in [0.2, 0.25) is 0 Å². The predicted molar refractivity (Wildman–Crippen MR) is 116 cm³/mol. The second kappa shape index (κ2) is 6.91. The van der Waals surface area contributed by atoms with Gasteiger partial charge in [-0.1, -0.05) is 12.1 Å². The lowest BCUT2D eigenvalue weighted by Crippen LogP contribution is -2.42. The van der Waals surface area contributed by atoms with E-state index >= 15 is 0 Å². The zero-order chi connectivity index (χ0) is 19.1. The lowest BCUT2D eigenvalue weighted by molar-refractivity contribution is 0.253. The molecule has 0 unspecified atom stereocenters. The Morgan fingerprint density at radius 2 is 1.71 bits per heavy atom. The molecule has 2 aromatic carbocycles. The van der Waals surface area contributed by atoms with Gasteiger partial charge < -0.3 is 14.8 Å². The number of likely N-dealkylation sites (tertiary alicyclic amines) is 1. The molecule has 0 atom stereocenters. The molecule has 1 saturated heterocycles. The van der Waals surface area contributed by atoms with Crippen molar-refractivity contribution in [3.63, 3.8) is 0 Å². The summed E-state index contributed by atoms with van der Waals surface area (Å²) in [5, 5.41) is 1.21. The molecular formula is C23H25N5. The maximum atomic E-state index is 4.61. The smallest absolute Gasteiger partial charge is 0.0931 e. The highest BCUT2D eigenvalue weighted by Gasteiger charge is 2.22. The summed E-state index contributed by atoms with van der Waals surface area (Å²) in [6, 6.07) is 15.7. The Balaban J connectivity index is 1.55. The Morgan fingerprint density at radius 1 is 0.964 bits per heavy atom. The molecule has 1 N–H and O–H groups in total. The van der Waals surface area contributed by atoms with Gasteiger partial charge in [-0.2, -0.15) is 0 Å². The van der Waals surface area contributed by atoms with Gasteiger partial charge in [0.25, 0.3) is 0 Å². The van der Waals surface area contributed by atoms with Gasteiger partial charge in [0.1, 0.15) is 0 Å². The summed E-state index contributed by atoms with van der Waals surface area (Å²) in [4.78, 5) is 17.0. The highest BCUT2D eigenvalue weighted by atomic mass is 15.2. The minimum atomic E-state index is 0.576. The molecule has 0 aliphatic carbocycles. The maximum Gasteiger partial charge on any atom is 0.0931 e. The van der Waals surface area contributed by atoms with E-state index in [0.717, 1.165) is 29.6 Å². The average Bonchev–Trinajstić information content (AvgIpc) is 3.21. The van der Waals surface area contributed by atoms with Crippen molar-refractivity contribution in [2.45, 2.75) is 18.9 Å². The molecule has 5 rings (SSSR count). The molecular weight excluding hydrogens is 346 g/mol. The Labute approximate surface area is 165 Å². The van der Waals surface area contributed by atoms with E-state index in [1.165, 1.54) is 35.0 Å². The predicted octanol–water partition coefficient (Wildman–Crippen LogP) is 4.31. The van der Waals surface area contributed by atoms with E-state index in [1.54, 1.807) is 6.33 Å². The molecule has 2 aromatic heterocycles. The number of piperidine rings is 1. The number of aromatic amines is 1. The number of fused-ring (bicyclic) bond motifs is 2. The van der Waals surface area contributed by atoms with Crippen molar-refractivity contribution >= 4 is 27.6 Å². The van der Waals surface area contributed by atoms with Crippen LogP contribution in [0.15, 0.2) is 55.0 Å². The molecule has 1 fully saturated rings. The highest BCUT2D eigenvalue weighted by Crippen LogP contribution is 2.32. The largest absolute Gasteiger partial charge is 0.371 e. The van der Waals surface area contributed by atoms with Crippen molar-refractivity contribution < 1.29 is 0 Å². The molecule has 5 heteroatoms. The van der Waals surface area contributed by atoms with E-state index in [0.29, 0.717) is 6.04 Å². The van der Waals surface area contributed by atoms with Crippen LogP contribution in [-0.2, 0) is 0 Å². The summed E-state index contributed by atoms with van der Waals surface area (Å²) in [5.74, 6) is 0. The molecule has 0 saturated carbocycles. The van der Waals surface area contributed by atoms with E-state index in [1.807, 2.05) is 6.20 Å². The summed E-state index contributed by atoms with van der Waals surface area (Å²) in [6.45, 7) is 2.32. The maximum absolute atomic E-state index is 4.61. The van der Waals surface area contributed by atoms with Crippen LogP contribution in [0.1, 0.15) is 12.8 Å². The van der Waals surface area contributed by atoms with Gasteiger partial charge in [-0.05, 0) is 74.4 Å². The van der Waals surface area contributed by atoms with Crippen molar-refractivity contribution in [2.24, 2.45) is 0 Å². The van der Waals surface area contributed by atoms with Gasteiger partial charge in [-0.25, -0.2) is 4.98 Å². The summed E-state index contributed by atoms with van der Waals surface area (Å²) in [6.07, 6.45) is 6.08. The van der Waals surface area contributed by atoms with Gasteiger partial charge in [0.15, 0.2) is 0 Å². The topological polar surface area (TPSA) is 48.1 Å². The number of rotatable bonds is 3. The first-order valence-electron chi connectivity index (χ1n) is 9.93. The molecule has 4 aromatic rings. The number of hydrogen-bond acceptors (Lipinski definition) is 4. The van der Waals surface area contributed by atoms with Gasteiger partial charge in [-0.15, -0.1) is 0 Å². The van der Waals surface area contributed by atoms with Crippen LogP contribution >= 0.6 is 0 Å². The molecule has 1 aliphatic rings. The van der Waals surface area contributed by atoms with Gasteiger partial charge in [0.05, 0.1) is 22.9 Å². The van der Waals surface area contributed by atoms with Crippen LogP contribution < -0.4 is 4.90 Å². The number of hydrogen-bond donors (Lipinski definition) is 1. The van der Waals surface area contributed by atoms with E-state index in [2.05, 4.69) is 81.3 Å². The fourth-order valence-electron chi connectivity index (χ4n) is 4.31. The molecule has 0 amide bonds. The van der Waals surface area contributed by atoms with Crippen molar-refractivity contribution in [3.05, 3.63) is 55.0 Å². The molecule has 0 spiro atoms. The first-order chi connectivity index (χ1) is 13.7. The first kappa shape index (κ1) is 17.2. The number of imidazole rings is 1. The molecule has 3 heterocycles. The number of pyridine rings is 1. The third-order valence-corrected chi connectivity index (χ3v) is 6.09. The van der Waals surface area contributed by atoms with E-state index in [4.69, 9.17) is 0 Å². The van der Waals surface area contributed by atoms with E-state index in [9.17, 15) is 0 Å². The third-order valence-electron chi connectivity index (χ3n) is 6.09. The minimum absolute atomic E-state index is 0.576. The molecule has 0 bridgehead atoms.